The van der Waals surface area contributed by atoms with Crippen molar-refractivity contribution in [2.75, 3.05) is 0 Å². The molecule has 0 fully saturated rings. The van der Waals surface area contributed by atoms with Gasteiger partial charge in [0.05, 0.1) is 15.9 Å². The van der Waals surface area contributed by atoms with Crippen molar-refractivity contribution in [3.05, 3.63) is 48.5 Å². The Balaban J connectivity index is 0.00000133. The summed E-state index contributed by atoms with van der Waals surface area (Å²) in [6.45, 7) is 0. The third kappa shape index (κ3) is 3.00. The summed E-state index contributed by atoms with van der Waals surface area (Å²) in [5.41, 5.74) is 2.53. The first-order valence-corrected chi connectivity index (χ1v) is 6.51. The van der Waals surface area contributed by atoms with Crippen LogP contribution in [0.3, 0.4) is 0 Å². The molecule has 2 N–H and O–H groups in total. The molecule has 1 atom stereocenters. The minimum Gasteiger partial charge on any atom is -0.338 e. The van der Waals surface area contributed by atoms with E-state index in [1.165, 1.54) is 0 Å². The average Bonchev–Trinajstić information content (AvgIpc) is 2.82. The van der Waals surface area contributed by atoms with Gasteiger partial charge in [0.25, 0.3) is 0 Å². The first-order chi connectivity index (χ1) is 8.74. The van der Waals surface area contributed by atoms with Gasteiger partial charge in [-0.2, -0.15) is 0 Å². The summed E-state index contributed by atoms with van der Waals surface area (Å²) in [4.78, 5) is 7.96. The minimum absolute atomic E-state index is 0. The first kappa shape index (κ1) is 14.5. The molecular weight excluding hydrogens is 337 g/mol. The molecule has 19 heavy (non-hydrogen) atoms. The van der Waals surface area contributed by atoms with E-state index in [0.717, 1.165) is 22.4 Å². The van der Waals surface area contributed by atoms with Crippen LogP contribution in [-0.2, 0) is 43.8 Å². The van der Waals surface area contributed by atoms with E-state index in [1.807, 2.05) is 30.3 Å². The molecule has 0 bridgehead atoms. The number of fused-ring (bicyclic) bond motifs is 1. The molecule has 0 saturated carbocycles. The molecule has 2 aromatic carbocycles. The van der Waals surface area contributed by atoms with Gasteiger partial charge in [0, 0.05) is 38.3 Å². The van der Waals surface area contributed by atoms with E-state index >= 15 is 0 Å². The van der Waals surface area contributed by atoms with E-state index in [2.05, 4.69) is 9.97 Å². The number of nitrogens with one attached hydrogen (secondary N) is 1. The molecule has 4 nitrogen and oxygen atoms in total. The maximum Gasteiger partial charge on any atom is 0.186 e. The molecule has 1 unspecified atom stereocenters. The van der Waals surface area contributed by atoms with E-state index in [-0.39, 0.29) is 32.7 Å². The van der Waals surface area contributed by atoms with Crippen LogP contribution in [0.2, 0.25) is 0 Å². The quantitative estimate of drug-likeness (QED) is 0.701. The smallest absolute Gasteiger partial charge is 0.186 e. The Morgan fingerprint density at radius 2 is 1.84 bits per heavy atom. The van der Waals surface area contributed by atoms with Crippen molar-refractivity contribution in [3.63, 3.8) is 0 Å². The Labute approximate surface area is 137 Å². The van der Waals surface area contributed by atoms with E-state index in [9.17, 15) is 4.21 Å². The summed E-state index contributed by atoms with van der Waals surface area (Å²) < 4.78 is 20.0. The average molecular weight is 347 g/mol. The van der Waals surface area contributed by atoms with Crippen LogP contribution in [0.25, 0.3) is 22.4 Å². The van der Waals surface area contributed by atoms with Gasteiger partial charge >= 0.3 is 0 Å². The van der Waals surface area contributed by atoms with Gasteiger partial charge in [-0.25, -0.2) is 9.19 Å². The van der Waals surface area contributed by atoms with Gasteiger partial charge in [-0.3, -0.25) is 0 Å². The number of aromatic amines is 1. The largest absolute Gasteiger partial charge is 0.338 e. The van der Waals surface area contributed by atoms with Gasteiger partial charge in [0.1, 0.15) is 5.82 Å². The second kappa shape index (κ2) is 6.05. The Kier molecular flexibility index (Phi) is 4.63. The zero-order valence-corrected chi connectivity index (χ0v) is 13.6. The standard InChI is InChI=1S/C13H10N2O2S.Y/c16-18(17)10-6-7-11-12(8-10)15-13(14-11)9-4-2-1-3-5-9;/h1-8H,(H,14,15)(H,16,17);. The van der Waals surface area contributed by atoms with Crippen LogP contribution in [0.15, 0.2) is 53.4 Å². The van der Waals surface area contributed by atoms with Crippen LogP contribution in [0.5, 0.6) is 0 Å². The minimum atomic E-state index is -1.97. The number of benzene rings is 2. The van der Waals surface area contributed by atoms with Crippen LogP contribution in [0.1, 0.15) is 0 Å². The second-order valence-electron chi connectivity index (χ2n) is 3.88. The maximum absolute atomic E-state index is 11.0. The Hall–Kier alpha value is -0.876. The molecule has 93 valence electrons. The molecule has 1 radical (unpaired) electrons. The number of hydrogen-bond donors (Lipinski definition) is 2. The number of rotatable bonds is 2. The fourth-order valence-electron chi connectivity index (χ4n) is 1.83. The van der Waals surface area contributed by atoms with Gasteiger partial charge < -0.3 is 9.54 Å². The molecule has 3 aromatic rings. The summed E-state index contributed by atoms with van der Waals surface area (Å²) in [5, 5.41) is 0. The molecule has 1 heterocycles. The van der Waals surface area contributed by atoms with Gasteiger partial charge in [-0.15, -0.1) is 0 Å². The van der Waals surface area contributed by atoms with Gasteiger partial charge in [0.15, 0.2) is 11.1 Å². The molecule has 3 rings (SSSR count). The summed E-state index contributed by atoms with van der Waals surface area (Å²) in [7, 11) is 0. The molecule has 0 saturated heterocycles. The third-order valence-corrected chi connectivity index (χ3v) is 3.36. The van der Waals surface area contributed by atoms with Gasteiger partial charge in [-0.1, -0.05) is 30.3 Å². The number of imidazole rings is 1. The van der Waals surface area contributed by atoms with Crippen molar-refractivity contribution in [2.24, 2.45) is 0 Å². The topological polar surface area (TPSA) is 66.0 Å². The van der Waals surface area contributed by atoms with Gasteiger partial charge in [0.2, 0.25) is 0 Å². The van der Waals surface area contributed by atoms with Crippen LogP contribution in [-0.4, -0.2) is 18.7 Å². The van der Waals surface area contributed by atoms with Crippen molar-refractivity contribution in [3.8, 4) is 11.4 Å². The monoisotopic (exact) mass is 347 g/mol. The third-order valence-electron chi connectivity index (χ3n) is 2.70. The molecule has 6 heteroatoms. The van der Waals surface area contributed by atoms with Crippen LogP contribution in [0, 0.1) is 0 Å². The second-order valence-corrected chi connectivity index (χ2v) is 4.85. The number of aromatic nitrogens is 2. The van der Waals surface area contributed by atoms with Crippen molar-refractivity contribution in [1.82, 2.24) is 9.97 Å². The number of hydrogen-bond acceptors (Lipinski definition) is 2. The van der Waals surface area contributed by atoms with Crippen LogP contribution < -0.4 is 0 Å². The van der Waals surface area contributed by atoms with E-state index < -0.39 is 11.1 Å². The molecule has 0 aliphatic heterocycles. The summed E-state index contributed by atoms with van der Waals surface area (Å²) in [6, 6.07) is 14.7. The zero-order chi connectivity index (χ0) is 12.5. The molecular formula is C13H10N2O2SY. The zero-order valence-electron chi connectivity index (χ0n) is 9.91. The van der Waals surface area contributed by atoms with Crippen LogP contribution in [0.4, 0.5) is 0 Å². The normalized spacial score (nSPS) is 12.1. The van der Waals surface area contributed by atoms with E-state index in [0.29, 0.717) is 4.90 Å². The number of nitrogens with zero attached hydrogens (tertiary/aromatic N) is 1. The number of H-pyrrole nitrogens is 1. The fraction of sp³-hybridized carbons (Fsp3) is 0. The molecule has 0 amide bonds. The molecule has 0 aliphatic carbocycles. The predicted molar refractivity (Wildman–Crippen MR) is 70.6 cm³/mol. The van der Waals surface area contributed by atoms with Crippen molar-refractivity contribution in [1.29, 1.82) is 0 Å². The fourth-order valence-corrected chi connectivity index (χ4v) is 2.23. The summed E-state index contributed by atoms with van der Waals surface area (Å²) >= 11 is -1.97. The first-order valence-electron chi connectivity index (χ1n) is 5.40. The summed E-state index contributed by atoms with van der Waals surface area (Å²) in [5.74, 6) is 0.756. The van der Waals surface area contributed by atoms with Crippen molar-refractivity contribution >= 4 is 22.1 Å². The SMILES string of the molecule is O=S(O)c1ccc2nc(-c3ccccc3)[nH]c2c1.[Y]. The Bertz CT molecular complexity index is 728. The molecule has 1 aromatic heterocycles. The molecule has 0 spiro atoms. The van der Waals surface area contributed by atoms with Crippen molar-refractivity contribution < 1.29 is 41.5 Å². The van der Waals surface area contributed by atoms with E-state index in [4.69, 9.17) is 4.55 Å². The predicted octanol–water partition coefficient (Wildman–Crippen LogP) is 2.81. The van der Waals surface area contributed by atoms with Crippen molar-refractivity contribution in [2.45, 2.75) is 4.90 Å². The maximum atomic E-state index is 11.0. The Morgan fingerprint density at radius 1 is 1.11 bits per heavy atom. The van der Waals surface area contributed by atoms with Crippen LogP contribution >= 0.6 is 0 Å². The summed E-state index contributed by atoms with van der Waals surface area (Å²) in [6.07, 6.45) is 0. The van der Waals surface area contributed by atoms with E-state index in [1.54, 1.807) is 18.2 Å². The van der Waals surface area contributed by atoms with Gasteiger partial charge in [-0.05, 0) is 18.2 Å². The molecule has 0 aliphatic rings. The Morgan fingerprint density at radius 3 is 2.53 bits per heavy atom.